The van der Waals surface area contributed by atoms with Crippen LogP contribution in [-0.2, 0) is 16.1 Å². The number of aliphatic carboxylic acids is 1. The number of rotatable bonds is 6. The molecule has 1 aromatic carbocycles. The third-order valence-corrected chi connectivity index (χ3v) is 3.56. The van der Waals surface area contributed by atoms with E-state index in [4.69, 9.17) is 9.26 Å². The normalized spacial score (nSPS) is 12.0. The van der Waals surface area contributed by atoms with Crippen LogP contribution in [0.15, 0.2) is 28.8 Å². The van der Waals surface area contributed by atoms with Gasteiger partial charge in [0.15, 0.2) is 17.5 Å². The summed E-state index contributed by atoms with van der Waals surface area (Å²) >= 11 is 0. The lowest BCUT2D eigenvalue weighted by molar-refractivity contribution is -0.139. The quantitative estimate of drug-likeness (QED) is 0.844. The predicted octanol–water partition coefficient (Wildman–Crippen LogP) is 1.99. The second-order valence-electron chi connectivity index (χ2n) is 5.15. The first-order chi connectivity index (χ1) is 10.9. The summed E-state index contributed by atoms with van der Waals surface area (Å²) in [6, 6.07) is 5.58. The maximum absolute atomic E-state index is 12.2. The zero-order valence-corrected chi connectivity index (χ0v) is 13.1. The summed E-state index contributed by atoms with van der Waals surface area (Å²) < 4.78 is 9.81. The number of nitrogens with zero attached hydrogens (tertiary/aromatic N) is 1. The summed E-state index contributed by atoms with van der Waals surface area (Å²) in [5.74, 6) is -1.38. The first kappa shape index (κ1) is 16.7. The molecule has 0 radical (unpaired) electrons. The van der Waals surface area contributed by atoms with Crippen molar-refractivity contribution in [3.63, 3.8) is 0 Å². The van der Waals surface area contributed by atoms with Gasteiger partial charge in [0.2, 0.25) is 0 Å². The van der Waals surface area contributed by atoms with Gasteiger partial charge in [0.25, 0.3) is 5.91 Å². The van der Waals surface area contributed by atoms with Crippen molar-refractivity contribution in [3.05, 3.63) is 52.4 Å². The number of carbonyl (C=O) groups is 2. The van der Waals surface area contributed by atoms with E-state index < -0.39 is 17.9 Å². The standard InChI is InChI=1S/C16H18N2O5/c1-9-5-4-6-12(10(9)2)14(16(20)21)17-15(19)13-7-11(8-22-3)23-18-13/h4-7,14H,8H2,1-3H3,(H,17,19)(H,20,21). The number of aromatic nitrogens is 1. The van der Waals surface area contributed by atoms with Crippen molar-refractivity contribution in [2.45, 2.75) is 26.5 Å². The van der Waals surface area contributed by atoms with Crippen molar-refractivity contribution in [1.82, 2.24) is 10.5 Å². The number of nitrogens with one attached hydrogen (secondary N) is 1. The number of carboxylic acids is 1. The first-order valence-electron chi connectivity index (χ1n) is 6.98. The molecule has 0 saturated heterocycles. The number of hydrogen-bond donors (Lipinski definition) is 2. The number of amides is 1. The molecule has 2 rings (SSSR count). The SMILES string of the molecule is COCc1cc(C(=O)NC(C(=O)O)c2cccc(C)c2C)no1. The molecule has 7 nitrogen and oxygen atoms in total. The Kier molecular flexibility index (Phi) is 5.13. The fraction of sp³-hybridized carbons (Fsp3) is 0.312. The molecule has 0 aliphatic carbocycles. The Morgan fingerprint density at radius 1 is 1.39 bits per heavy atom. The Balaban J connectivity index is 2.23. The number of aryl methyl sites for hydroxylation is 1. The molecule has 122 valence electrons. The minimum Gasteiger partial charge on any atom is -0.479 e. The van der Waals surface area contributed by atoms with Crippen molar-refractivity contribution < 1.29 is 24.0 Å². The fourth-order valence-electron chi connectivity index (χ4n) is 2.19. The minimum absolute atomic E-state index is 0.00797. The zero-order chi connectivity index (χ0) is 17.0. The van der Waals surface area contributed by atoms with Crippen molar-refractivity contribution in [2.24, 2.45) is 0 Å². The Labute approximate surface area is 133 Å². The van der Waals surface area contributed by atoms with Gasteiger partial charge in [-0.05, 0) is 30.5 Å². The highest BCUT2D eigenvalue weighted by Crippen LogP contribution is 2.21. The van der Waals surface area contributed by atoms with Gasteiger partial charge in [-0.15, -0.1) is 0 Å². The highest BCUT2D eigenvalue weighted by Gasteiger charge is 2.26. The lowest BCUT2D eigenvalue weighted by atomic mass is 9.97. The summed E-state index contributed by atoms with van der Waals surface area (Å²) in [6.07, 6.45) is 0. The number of carbonyl (C=O) groups excluding carboxylic acids is 1. The van der Waals surface area contributed by atoms with Gasteiger partial charge in [0.1, 0.15) is 6.61 Å². The molecule has 1 atom stereocenters. The van der Waals surface area contributed by atoms with Crippen LogP contribution in [0, 0.1) is 13.8 Å². The van der Waals surface area contributed by atoms with Crippen LogP contribution in [0.4, 0.5) is 0 Å². The summed E-state index contributed by atoms with van der Waals surface area (Å²) in [6.45, 7) is 3.88. The molecule has 23 heavy (non-hydrogen) atoms. The van der Waals surface area contributed by atoms with Crippen LogP contribution in [0.3, 0.4) is 0 Å². The van der Waals surface area contributed by atoms with Crippen molar-refractivity contribution in [1.29, 1.82) is 0 Å². The van der Waals surface area contributed by atoms with Crippen molar-refractivity contribution in [2.75, 3.05) is 7.11 Å². The molecule has 0 aliphatic rings. The van der Waals surface area contributed by atoms with Gasteiger partial charge in [0, 0.05) is 13.2 Å². The largest absolute Gasteiger partial charge is 0.479 e. The first-order valence-corrected chi connectivity index (χ1v) is 6.98. The molecule has 1 amide bonds. The van der Waals surface area contributed by atoms with Crippen LogP contribution in [0.1, 0.15) is 39.0 Å². The van der Waals surface area contributed by atoms with Gasteiger partial charge < -0.3 is 19.7 Å². The topological polar surface area (TPSA) is 102 Å². The molecule has 0 bridgehead atoms. The van der Waals surface area contributed by atoms with Gasteiger partial charge >= 0.3 is 5.97 Å². The predicted molar refractivity (Wildman–Crippen MR) is 81.0 cm³/mol. The lowest BCUT2D eigenvalue weighted by Crippen LogP contribution is -2.34. The monoisotopic (exact) mass is 318 g/mol. The highest BCUT2D eigenvalue weighted by molar-refractivity contribution is 5.95. The van der Waals surface area contributed by atoms with E-state index >= 15 is 0 Å². The van der Waals surface area contributed by atoms with E-state index in [-0.39, 0.29) is 12.3 Å². The average molecular weight is 318 g/mol. The van der Waals surface area contributed by atoms with E-state index in [1.165, 1.54) is 13.2 Å². The molecule has 7 heteroatoms. The van der Waals surface area contributed by atoms with E-state index in [1.807, 2.05) is 19.9 Å². The Hall–Kier alpha value is -2.67. The third-order valence-electron chi connectivity index (χ3n) is 3.56. The maximum atomic E-state index is 12.2. The molecule has 1 aromatic heterocycles. The number of hydrogen-bond acceptors (Lipinski definition) is 5. The van der Waals surface area contributed by atoms with E-state index in [0.29, 0.717) is 11.3 Å². The molecule has 0 fully saturated rings. The van der Waals surface area contributed by atoms with Gasteiger partial charge in [-0.3, -0.25) is 4.79 Å². The average Bonchev–Trinajstić information content (AvgIpc) is 2.97. The number of carboxylic acid groups (broad SMARTS) is 1. The third kappa shape index (κ3) is 3.75. The second kappa shape index (κ2) is 7.06. The van der Waals surface area contributed by atoms with E-state index in [9.17, 15) is 14.7 Å². The highest BCUT2D eigenvalue weighted by atomic mass is 16.5. The molecule has 1 heterocycles. The van der Waals surface area contributed by atoms with E-state index in [0.717, 1.165) is 11.1 Å². The number of benzene rings is 1. The van der Waals surface area contributed by atoms with Crippen molar-refractivity contribution >= 4 is 11.9 Å². The summed E-state index contributed by atoms with van der Waals surface area (Å²) in [4.78, 5) is 23.8. The molecule has 0 spiro atoms. The van der Waals surface area contributed by atoms with Gasteiger partial charge in [-0.25, -0.2) is 4.79 Å². The van der Waals surface area contributed by atoms with E-state index in [1.54, 1.807) is 12.1 Å². The maximum Gasteiger partial charge on any atom is 0.330 e. The summed E-state index contributed by atoms with van der Waals surface area (Å²) in [5, 5.41) is 15.5. The minimum atomic E-state index is -1.16. The molecule has 2 N–H and O–H groups in total. The second-order valence-corrected chi connectivity index (χ2v) is 5.15. The van der Waals surface area contributed by atoms with Gasteiger partial charge in [-0.1, -0.05) is 23.4 Å². The molecule has 0 saturated carbocycles. The lowest BCUT2D eigenvalue weighted by Gasteiger charge is -2.17. The van der Waals surface area contributed by atoms with Crippen LogP contribution in [0.5, 0.6) is 0 Å². The smallest absolute Gasteiger partial charge is 0.330 e. The summed E-state index contributed by atoms with van der Waals surface area (Å²) in [5.41, 5.74) is 2.31. The molecule has 1 unspecified atom stereocenters. The van der Waals surface area contributed by atoms with Crippen molar-refractivity contribution in [3.8, 4) is 0 Å². The number of ether oxygens (including phenoxy) is 1. The van der Waals surface area contributed by atoms with E-state index in [2.05, 4.69) is 10.5 Å². The van der Waals surface area contributed by atoms with Crippen LogP contribution >= 0.6 is 0 Å². The Morgan fingerprint density at radius 2 is 2.13 bits per heavy atom. The Bertz CT molecular complexity index is 723. The molecule has 0 aliphatic heterocycles. The zero-order valence-electron chi connectivity index (χ0n) is 13.1. The van der Waals surface area contributed by atoms with Crippen LogP contribution < -0.4 is 5.32 Å². The molecular formula is C16H18N2O5. The van der Waals surface area contributed by atoms with Gasteiger partial charge in [-0.2, -0.15) is 0 Å². The molecular weight excluding hydrogens is 300 g/mol. The summed E-state index contributed by atoms with van der Waals surface area (Å²) in [7, 11) is 1.49. The number of methoxy groups -OCH3 is 1. The molecule has 2 aromatic rings. The fourth-order valence-corrected chi connectivity index (χ4v) is 2.19. The van der Waals surface area contributed by atoms with Crippen LogP contribution in [0.2, 0.25) is 0 Å². The van der Waals surface area contributed by atoms with Gasteiger partial charge in [0.05, 0.1) is 0 Å². The Morgan fingerprint density at radius 3 is 2.78 bits per heavy atom. The van der Waals surface area contributed by atoms with Crippen LogP contribution in [-0.4, -0.2) is 29.2 Å². The van der Waals surface area contributed by atoms with Crippen LogP contribution in [0.25, 0.3) is 0 Å².